The van der Waals surface area contributed by atoms with Gasteiger partial charge in [-0.25, -0.2) is 0 Å². The van der Waals surface area contributed by atoms with Crippen LogP contribution in [0.3, 0.4) is 0 Å². The molecule has 114 valence electrons. The maximum atomic E-state index is 6.33. The fourth-order valence-corrected chi connectivity index (χ4v) is 2.57. The molecule has 2 aromatic heterocycles. The van der Waals surface area contributed by atoms with E-state index in [1.165, 1.54) is 0 Å². The van der Waals surface area contributed by atoms with Gasteiger partial charge in [0.25, 0.3) is 0 Å². The predicted molar refractivity (Wildman–Crippen MR) is 83.9 cm³/mol. The summed E-state index contributed by atoms with van der Waals surface area (Å²) in [6.07, 6.45) is 3.48. The Morgan fingerprint density at radius 1 is 1.43 bits per heavy atom. The lowest BCUT2D eigenvalue weighted by molar-refractivity contribution is 0.393. The number of nitrogens with zero attached hydrogens (tertiary/aromatic N) is 3. The molecule has 1 unspecified atom stereocenters. The van der Waals surface area contributed by atoms with Crippen molar-refractivity contribution in [2.45, 2.75) is 32.9 Å². The number of ether oxygens (including phenoxy) is 1. The highest BCUT2D eigenvalue weighted by Crippen LogP contribution is 2.33. The van der Waals surface area contributed by atoms with Gasteiger partial charge in [-0.1, -0.05) is 18.5 Å². The van der Waals surface area contributed by atoms with Crippen molar-refractivity contribution in [1.29, 1.82) is 0 Å². The Labute approximate surface area is 130 Å². The molecule has 0 bridgehead atoms. The normalized spacial score (nSPS) is 12.7. The molecule has 21 heavy (non-hydrogen) atoms. The second kappa shape index (κ2) is 6.91. The van der Waals surface area contributed by atoms with Crippen LogP contribution < -0.4 is 10.1 Å². The molecule has 2 aromatic rings. The molecule has 1 atom stereocenters. The molecule has 0 radical (unpaired) electrons. The molecule has 0 saturated carbocycles. The van der Waals surface area contributed by atoms with Crippen LogP contribution >= 0.6 is 11.6 Å². The van der Waals surface area contributed by atoms with Crippen molar-refractivity contribution in [3.05, 3.63) is 40.9 Å². The highest BCUT2D eigenvalue weighted by Gasteiger charge is 2.26. The first-order valence-corrected chi connectivity index (χ1v) is 7.43. The molecule has 2 rings (SSSR count). The van der Waals surface area contributed by atoms with Crippen molar-refractivity contribution in [1.82, 2.24) is 20.1 Å². The summed E-state index contributed by atoms with van der Waals surface area (Å²) in [5.74, 6) is 0.733. The van der Waals surface area contributed by atoms with Gasteiger partial charge >= 0.3 is 0 Å². The first-order chi connectivity index (χ1) is 10.1. The third kappa shape index (κ3) is 3.19. The molecule has 0 aliphatic rings. The van der Waals surface area contributed by atoms with Gasteiger partial charge in [0.15, 0.2) is 5.75 Å². The van der Waals surface area contributed by atoms with Crippen molar-refractivity contribution in [3.8, 4) is 5.75 Å². The predicted octanol–water partition coefficient (Wildman–Crippen LogP) is 3.22. The van der Waals surface area contributed by atoms with Gasteiger partial charge in [0.05, 0.1) is 30.1 Å². The Bertz CT molecular complexity index is 597. The lowest BCUT2D eigenvalue weighted by Crippen LogP contribution is -2.27. The molecule has 2 heterocycles. The zero-order valence-corrected chi connectivity index (χ0v) is 13.6. The van der Waals surface area contributed by atoms with E-state index in [1.807, 2.05) is 23.7 Å². The Morgan fingerprint density at radius 3 is 2.76 bits per heavy atom. The summed E-state index contributed by atoms with van der Waals surface area (Å²) in [6, 6.07) is 3.72. The van der Waals surface area contributed by atoms with Crippen LogP contribution in [0.25, 0.3) is 0 Å². The number of halogens is 1. The molecule has 0 saturated heterocycles. The van der Waals surface area contributed by atoms with E-state index in [9.17, 15) is 0 Å². The number of hydrogen-bond donors (Lipinski definition) is 1. The van der Waals surface area contributed by atoms with Gasteiger partial charge in [-0.3, -0.25) is 9.67 Å². The summed E-state index contributed by atoms with van der Waals surface area (Å²) in [4.78, 5) is 4.44. The van der Waals surface area contributed by atoms with Crippen molar-refractivity contribution in [2.24, 2.45) is 0 Å². The summed E-state index contributed by atoms with van der Waals surface area (Å²) in [6.45, 7) is 6.99. The first kappa shape index (κ1) is 15.8. The lowest BCUT2D eigenvalue weighted by atomic mass is 10.1. The van der Waals surface area contributed by atoms with Crippen LogP contribution in [0.4, 0.5) is 0 Å². The van der Waals surface area contributed by atoms with Crippen LogP contribution in [-0.2, 0) is 0 Å². The topological polar surface area (TPSA) is 52.0 Å². The molecule has 0 fully saturated rings. The van der Waals surface area contributed by atoms with E-state index >= 15 is 0 Å². The van der Waals surface area contributed by atoms with Gasteiger partial charge < -0.3 is 10.1 Å². The van der Waals surface area contributed by atoms with Gasteiger partial charge in [0.1, 0.15) is 5.69 Å². The van der Waals surface area contributed by atoms with E-state index in [4.69, 9.17) is 16.3 Å². The molecule has 0 aliphatic heterocycles. The van der Waals surface area contributed by atoms with Crippen molar-refractivity contribution < 1.29 is 4.74 Å². The largest absolute Gasteiger partial charge is 0.493 e. The quantitative estimate of drug-likeness (QED) is 0.890. The van der Waals surface area contributed by atoms with Crippen LogP contribution in [0.2, 0.25) is 5.02 Å². The minimum atomic E-state index is -0.163. The van der Waals surface area contributed by atoms with Gasteiger partial charge in [-0.15, -0.1) is 0 Å². The lowest BCUT2D eigenvalue weighted by Gasteiger charge is -2.22. The Morgan fingerprint density at radius 2 is 2.19 bits per heavy atom. The average molecular weight is 309 g/mol. The molecular formula is C15H21ClN4O. The zero-order valence-electron chi connectivity index (χ0n) is 12.8. The highest BCUT2D eigenvalue weighted by atomic mass is 35.5. The summed E-state index contributed by atoms with van der Waals surface area (Å²) in [5, 5.41) is 8.48. The fourth-order valence-electron chi connectivity index (χ4n) is 2.34. The maximum Gasteiger partial charge on any atom is 0.162 e. The number of methoxy groups -OCH3 is 1. The molecule has 6 heteroatoms. The minimum absolute atomic E-state index is 0.163. The summed E-state index contributed by atoms with van der Waals surface area (Å²) in [5.41, 5.74) is 1.72. The zero-order chi connectivity index (χ0) is 15.4. The van der Waals surface area contributed by atoms with Crippen LogP contribution in [-0.4, -0.2) is 28.4 Å². The molecule has 0 aromatic carbocycles. The second-order valence-electron chi connectivity index (χ2n) is 5.00. The van der Waals surface area contributed by atoms with Crippen LogP contribution in [0.5, 0.6) is 5.75 Å². The third-order valence-electron chi connectivity index (χ3n) is 3.25. The molecule has 0 spiro atoms. The number of rotatable bonds is 6. The van der Waals surface area contributed by atoms with Crippen molar-refractivity contribution in [3.63, 3.8) is 0 Å². The monoisotopic (exact) mass is 308 g/mol. The number of pyridine rings is 1. The van der Waals surface area contributed by atoms with Crippen LogP contribution in [0, 0.1) is 0 Å². The van der Waals surface area contributed by atoms with Gasteiger partial charge in [0.2, 0.25) is 0 Å². The second-order valence-corrected chi connectivity index (χ2v) is 5.40. The number of hydrogen-bond acceptors (Lipinski definition) is 4. The average Bonchev–Trinajstić information content (AvgIpc) is 2.89. The van der Waals surface area contributed by atoms with E-state index < -0.39 is 0 Å². The van der Waals surface area contributed by atoms with Crippen LogP contribution in [0.1, 0.15) is 44.2 Å². The van der Waals surface area contributed by atoms with Gasteiger partial charge in [0, 0.05) is 12.2 Å². The van der Waals surface area contributed by atoms with Crippen molar-refractivity contribution in [2.75, 3.05) is 13.7 Å². The van der Waals surface area contributed by atoms with E-state index in [-0.39, 0.29) is 12.1 Å². The summed E-state index contributed by atoms with van der Waals surface area (Å²) in [7, 11) is 1.65. The minimum Gasteiger partial charge on any atom is -0.493 e. The van der Waals surface area contributed by atoms with Gasteiger partial charge in [-0.2, -0.15) is 5.10 Å². The summed E-state index contributed by atoms with van der Waals surface area (Å²) < 4.78 is 7.41. The first-order valence-electron chi connectivity index (χ1n) is 7.05. The van der Waals surface area contributed by atoms with Crippen LogP contribution in [0.15, 0.2) is 24.5 Å². The standard InChI is InChI=1S/C15H21ClN4O/c1-5-17-14(13-11(16)7-6-8-18-13)15-12(21-4)9-19-20(15)10(2)3/h6-10,14,17H,5H2,1-4H3. The van der Waals surface area contributed by atoms with Gasteiger partial charge in [-0.05, 0) is 32.5 Å². The Hall–Kier alpha value is -1.59. The van der Waals surface area contributed by atoms with E-state index in [2.05, 4.69) is 29.2 Å². The highest BCUT2D eigenvalue weighted by molar-refractivity contribution is 6.31. The number of aromatic nitrogens is 3. The Balaban J connectivity index is 2.58. The molecule has 1 N–H and O–H groups in total. The molecule has 5 nitrogen and oxygen atoms in total. The smallest absolute Gasteiger partial charge is 0.162 e. The fraction of sp³-hybridized carbons (Fsp3) is 0.467. The SMILES string of the molecule is CCNC(c1ncccc1Cl)c1c(OC)cnn1C(C)C. The maximum absolute atomic E-state index is 6.33. The van der Waals surface area contributed by atoms with E-state index in [0.29, 0.717) is 5.02 Å². The van der Waals surface area contributed by atoms with E-state index in [1.54, 1.807) is 19.5 Å². The number of nitrogens with one attached hydrogen (secondary N) is 1. The molecule has 0 amide bonds. The van der Waals surface area contributed by atoms with Crippen molar-refractivity contribution >= 4 is 11.6 Å². The molecular weight excluding hydrogens is 288 g/mol. The summed E-state index contributed by atoms with van der Waals surface area (Å²) >= 11 is 6.33. The Kier molecular flexibility index (Phi) is 5.20. The van der Waals surface area contributed by atoms with E-state index in [0.717, 1.165) is 23.7 Å². The third-order valence-corrected chi connectivity index (χ3v) is 3.57. The molecule has 0 aliphatic carbocycles.